The summed E-state index contributed by atoms with van der Waals surface area (Å²) in [4.78, 5) is 0.134. The number of benzene rings is 1. The quantitative estimate of drug-likeness (QED) is 0.793. The molecule has 1 heterocycles. The SMILES string of the molecule is Cn1nccc1CNS(=O)(=O)c1cccc(C#CCO)c1. The number of aromatic nitrogens is 2. The maximum atomic E-state index is 12.2. The van der Waals surface area contributed by atoms with Crippen LogP contribution in [0.3, 0.4) is 0 Å². The van der Waals surface area contributed by atoms with E-state index in [0.29, 0.717) is 5.56 Å². The Labute approximate surface area is 123 Å². The fourth-order valence-electron chi connectivity index (χ4n) is 1.71. The lowest BCUT2D eigenvalue weighted by molar-refractivity contribution is 0.350. The van der Waals surface area contributed by atoms with E-state index in [2.05, 4.69) is 21.7 Å². The fourth-order valence-corrected chi connectivity index (χ4v) is 2.75. The Bertz CT molecular complexity index is 785. The zero-order valence-corrected chi connectivity index (χ0v) is 12.3. The minimum Gasteiger partial charge on any atom is -0.384 e. The van der Waals surface area contributed by atoms with Gasteiger partial charge in [-0.3, -0.25) is 4.68 Å². The van der Waals surface area contributed by atoms with E-state index in [1.165, 1.54) is 12.1 Å². The van der Waals surface area contributed by atoms with Crippen LogP contribution in [0.15, 0.2) is 41.4 Å². The van der Waals surface area contributed by atoms with Gasteiger partial charge in [-0.05, 0) is 24.3 Å². The number of rotatable bonds is 4. The highest BCUT2D eigenvalue weighted by atomic mass is 32.2. The molecule has 21 heavy (non-hydrogen) atoms. The molecule has 0 unspecified atom stereocenters. The molecule has 0 fully saturated rings. The average Bonchev–Trinajstić information content (AvgIpc) is 2.89. The van der Waals surface area contributed by atoms with Gasteiger partial charge in [0, 0.05) is 18.8 Å². The second-order valence-corrected chi connectivity index (χ2v) is 6.03. The molecule has 2 rings (SSSR count). The molecule has 6 nitrogen and oxygen atoms in total. The van der Waals surface area contributed by atoms with E-state index in [1.54, 1.807) is 36.1 Å². The van der Waals surface area contributed by atoms with E-state index >= 15 is 0 Å². The van der Waals surface area contributed by atoms with Crippen LogP contribution in [0.2, 0.25) is 0 Å². The number of nitrogens with zero attached hydrogens (tertiary/aromatic N) is 2. The van der Waals surface area contributed by atoms with Crippen LogP contribution in [0.4, 0.5) is 0 Å². The molecule has 0 atom stereocenters. The minimum absolute atomic E-state index is 0.134. The van der Waals surface area contributed by atoms with Gasteiger partial charge >= 0.3 is 0 Å². The van der Waals surface area contributed by atoms with Crippen molar-refractivity contribution in [3.63, 3.8) is 0 Å². The maximum Gasteiger partial charge on any atom is 0.240 e. The van der Waals surface area contributed by atoms with E-state index in [0.717, 1.165) is 5.69 Å². The second-order valence-electron chi connectivity index (χ2n) is 4.26. The van der Waals surface area contributed by atoms with E-state index in [9.17, 15) is 8.42 Å². The Morgan fingerprint density at radius 3 is 2.86 bits per heavy atom. The van der Waals surface area contributed by atoms with Crippen molar-refractivity contribution in [2.45, 2.75) is 11.4 Å². The van der Waals surface area contributed by atoms with E-state index in [4.69, 9.17) is 5.11 Å². The van der Waals surface area contributed by atoms with Crippen LogP contribution in [0.5, 0.6) is 0 Å². The number of aliphatic hydroxyl groups is 1. The summed E-state index contributed by atoms with van der Waals surface area (Å²) in [7, 11) is -1.88. The standard InChI is InChI=1S/C14H15N3O3S/c1-17-13(7-8-15-17)11-16-21(19,20)14-6-2-4-12(10-14)5-3-9-18/h2,4,6-8,10,16,18H,9,11H2,1H3. The molecule has 0 bridgehead atoms. The molecule has 0 aliphatic rings. The Hall–Kier alpha value is -2.14. The molecular formula is C14H15N3O3S. The molecule has 7 heteroatoms. The van der Waals surface area contributed by atoms with Crippen molar-refractivity contribution in [3.8, 4) is 11.8 Å². The normalized spacial score (nSPS) is 11.0. The van der Waals surface area contributed by atoms with Crippen LogP contribution in [0.1, 0.15) is 11.3 Å². The first-order valence-electron chi connectivity index (χ1n) is 6.19. The number of hydrogen-bond acceptors (Lipinski definition) is 4. The monoisotopic (exact) mass is 305 g/mol. The predicted octanol–water partition coefficient (Wildman–Crippen LogP) is 0.242. The van der Waals surface area contributed by atoms with Gasteiger partial charge in [-0.25, -0.2) is 13.1 Å². The zero-order valence-electron chi connectivity index (χ0n) is 11.4. The van der Waals surface area contributed by atoms with E-state index in [-0.39, 0.29) is 18.0 Å². The lowest BCUT2D eigenvalue weighted by Gasteiger charge is -2.07. The average molecular weight is 305 g/mol. The van der Waals surface area contributed by atoms with Crippen LogP contribution >= 0.6 is 0 Å². The van der Waals surface area contributed by atoms with Gasteiger partial charge in [-0.2, -0.15) is 5.10 Å². The number of aliphatic hydroxyl groups excluding tert-OH is 1. The first-order chi connectivity index (χ1) is 10.0. The van der Waals surface area contributed by atoms with E-state index < -0.39 is 10.0 Å². The van der Waals surface area contributed by atoms with Crippen molar-refractivity contribution in [3.05, 3.63) is 47.8 Å². The highest BCUT2D eigenvalue weighted by Gasteiger charge is 2.14. The molecule has 110 valence electrons. The molecule has 0 aliphatic heterocycles. The number of aryl methyl sites for hydroxylation is 1. The highest BCUT2D eigenvalue weighted by Crippen LogP contribution is 2.11. The molecule has 0 saturated carbocycles. The summed E-state index contributed by atoms with van der Waals surface area (Å²) in [6.07, 6.45) is 1.61. The predicted molar refractivity (Wildman–Crippen MR) is 77.6 cm³/mol. The molecular weight excluding hydrogens is 290 g/mol. The third-order valence-corrected chi connectivity index (χ3v) is 4.22. The molecule has 0 aliphatic carbocycles. The highest BCUT2D eigenvalue weighted by molar-refractivity contribution is 7.89. The summed E-state index contributed by atoms with van der Waals surface area (Å²) in [5.41, 5.74) is 1.29. The first-order valence-corrected chi connectivity index (χ1v) is 7.67. The molecule has 1 aromatic carbocycles. The molecule has 0 amide bonds. The van der Waals surface area contributed by atoms with Crippen LogP contribution in [0.25, 0.3) is 0 Å². The molecule has 0 spiro atoms. The third kappa shape index (κ3) is 3.92. The van der Waals surface area contributed by atoms with Crippen molar-refractivity contribution >= 4 is 10.0 Å². The molecule has 0 radical (unpaired) electrons. The summed E-state index contributed by atoms with van der Waals surface area (Å²) in [6, 6.07) is 8.00. The van der Waals surface area contributed by atoms with Crippen molar-refractivity contribution in [1.82, 2.24) is 14.5 Å². The van der Waals surface area contributed by atoms with Gasteiger partial charge in [0.2, 0.25) is 10.0 Å². The molecule has 1 aromatic heterocycles. The van der Waals surface area contributed by atoms with Crippen LogP contribution in [0, 0.1) is 11.8 Å². The van der Waals surface area contributed by atoms with Gasteiger partial charge in [0.15, 0.2) is 0 Å². The summed E-state index contributed by atoms with van der Waals surface area (Å²) < 4.78 is 28.6. The molecule has 0 saturated heterocycles. The summed E-state index contributed by atoms with van der Waals surface area (Å²) >= 11 is 0. The second kappa shape index (κ2) is 6.54. The smallest absolute Gasteiger partial charge is 0.240 e. The van der Waals surface area contributed by atoms with Crippen molar-refractivity contribution in [1.29, 1.82) is 0 Å². The zero-order chi connectivity index (χ0) is 15.3. The Morgan fingerprint density at radius 2 is 2.19 bits per heavy atom. The number of sulfonamides is 1. The summed E-state index contributed by atoms with van der Waals surface area (Å²) in [6.45, 7) is -0.110. The summed E-state index contributed by atoms with van der Waals surface area (Å²) in [5, 5.41) is 12.6. The van der Waals surface area contributed by atoms with Gasteiger partial charge in [0.05, 0.1) is 17.1 Å². The Balaban J connectivity index is 2.17. The van der Waals surface area contributed by atoms with Gasteiger partial charge in [-0.15, -0.1) is 0 Å². The van der Waals surface area contributed by atoms with Gasteiger partial charge in [0.25, 0.3) is 0 Å². The van der Waals surface area contributed by atoms with Crippen molar-refractivity contribution in [2.75, 3.05) is 6.61 Å². The molecule has 2 aromatic rings. The third-order valence-electron chi connectivity index (χ3n) is 2.82. The van der Waals surface area contributed by atoms with Gasteiger partial charge in [0.1, 0.15) is 6.61 Å². The topological polar surface area (TPSA) is 84.2 Å². The lowest BCUT2D eigenvalue weighted by atomic mass is 10.2. The Morgan fingerprint density at radius 1 is 1.38 bits per heavy atom. The fraction of sp³-hybridized carbons (Fsp3) is 0.214. The van der Waals surface area contributed by atoms with E-state index in [1.807, 2.05) is 0 Å². The molecule has 2 N–H and O–H groups in total. The van der Waals surface area contributed by atoms with Crippen LogP contribution in [-0.2, 0) is 23.6 Å². The maximum absolute atomic E-state index is 12.2. The van der Waals surface area contributed by atoms with Gasteiger partial charge < -0.3 is 5.11 Å². The van der Waals surface area contributed by atoms with Crippen LogP contribution in [-0.4, -0.2) is 29.9 Å². The van der Waals surface area contributed by atoms with Crippen LogP contribution < -0.4 is 4.72 Å². The lowest BCUT2D eigenvalue weighted by Crippen LogP contribution is -2.24. The van der Waals surface area contributed by atoms with Crippen molar-refractivity contribution in [2.24, 2.45) is 7.05 Å². The number of hydrogen-bond donors (Lipinski definition) is 2. The minimum atomic E-state index is -3.62. The largest absolute Gasteiger partial charge is 0.384 e. The van der Waals surface area contributed by atoms with Gasteiger partial charge in [-0.1, -0.05) is 17.9 Å². The summed E-state index contributed by atoms with van der Waals surface area (Å²) in [5.74, 6) is 5.16. The Kier molecular flexibility index (Phi) is 4.75. The first kappa shape index (κ1) is 15.3. The number of nitrogens with one attached hydrogen (secondary N) is 1. The van der Waals surface area contributed by atoms with Crippen molar-refractivity contribution < 1.29 is 13.5 Å².